The van der Waals surface area contributed by atoms with Crippen molar-refractivity contribution >= 4 is 5.97 Å². The molecule has 0 bridgehead atoms. The van der Waals surface area contributed by atoms with Crippen LogP contribution in [-0.4, -0.2) is 30.2 Å². The minimum absolute atomic E-state index is 0. The van der Waals surface area contributed by atoms with E-state index in [1.54, 1.807) is 12.1 Å². The second-order valence-corrected chi connectivity index (χ2v) is 9.38. The van der Waals surface area contributed by atoms with Crippen molar-refractivity contribution in [1.29, 1.82) is 5.26 Å². The van der Waals surface area contributed by atoms with Gasteiger partial charge in [-0.25, -0.2) is 4.39 Å². The van der Waals surface area contributed by atoms with Crippen LogP contribution in [0.15, 0.2) is 54.6 Å². The summed E-state index contributed by atoms with van der Waals surface area (Å²) in [5, 5.41) is 20.1. The Morgan fingerprint density at radius 1 is 1.06 bits per heavy atom. The molecular weight excluding hydrogens is 471 g/mol. The summed E-state index contributed by atoms with van der Waals surface area (Å²) in [6.45, 7) is 3.72. The molecule has 1 saturated carbocycles. The number of piperidine rings is 1. The van der Waals surface area contributed by atoms with Crippen LogP contribution in [0.1, 0.15) is 50.2 Å². The SMILES string of the molecule is C[C@@H]1C[NH+](C2CCC(C#N)(c3ccc(F)cc3)CC2)CC[C@]1(C(=O)O)c1ccccc1.[Br-]. The van der Waals surface area contributed by atoms with Crippen LogP contribution in [0.2, 0.25) is 0 Å². The van der Waals surface area contributed by atoms with Gasteiger partial charge in [-0.15, -0.1) is 0 Å². The van der Waals surface area contributed by atoms with Gasteiger partial charge in [-0.05, 0) is 36.1 Å². The van der Waals surface area contributed by atoms with Crippen LogP contribution in [-0.2, 0) is 15.6 Å². The van der Waals surface area contributed by atoms with Gasteiger partial charge in [0.05, 0.1) is 30.6 Å². The molecule has 2 aromatic carbocycles. The summed E-state index contributed by atoms with van der Waals surface area (Å²) in [6, 6.07) is 19.0. The molecule has 2 aliphatic rings. The number of hydrogen-bond donors (Lipinski definition) is 2. The first-order valence-corrected chi connectivity index (χ1v) is 11.2. The Morgan fingerprint density at radius 2 is 1.69 bits per heavy atom. The van der Waals surface area contributed by atoms with Crippen LogP contribution in [0.4, 0.5) is 4.39 Å². The number of benzene rings is 2. The zero-order valence-electron chi connectivity index (χ0n) is 18.4. The van der Waals surface area contributed by atoms with Crippen molar-refractivity contribution in [3.63, 3.8) is 0 Å². The third-order valence-corrected chi connectivity index (χ3v) is 7.95. The Kier molecular flexibility index (Phi) is 7.42. The zero-order chi connectivity index (χ0) is 22.1. The molecule has 1 aliphatic heterocycles. The van der Waals surface area contributed by atoms with Crippen molar-refractivity contribution < 1.29 is 36.2 Å². The maximum absolute atomic E-state index is 13.3. The molecule has 1 heterocycles. The Morgan fingerprint density at radius 3 is 2.22 bits per heavy atom. The van der Waals surface area contributed by atoms with Gasteiger partial charge in [0, 0.05) is 25.2 Å². The van der Waals surface area contributed by atoms with Gasteiger partial charge in [-0.1, -0.05) is 49.4 Å². The average molecular weight is 501 g/mol. The topological polar surface area (TPSA) is 65.5 Å². The summed E-state index contributed by atoms with van der Waals surface area (Å²) in [4.78, 5) is 13.9. The number of rotatable bonds is 4. The molecule has 0 amide bonds. The van der Waals surface area contributed by atoms with Crippen molar-refractivity contribution in [2.24, 2.45) is 5.92 Å². The standard InChI is InChI=1S/C26H29FN2O2.BrH/c1-19-17-29(16-15-26(19,24(30)31)21-5-3-2-4-6-21)23-11-13-25(18-28,14-12-23)20-7-9-22(27)10-8-20;/h2-10,19,23H,11-17H2,1H3,(H,30,31);1H/t19-,23?,25?,26-;/m1./s1. The molecule has 0 radical (unpaired) electrons. The van der Waals surface area contributed by atoms with E-state index in [4.69, 9.17) is 0 Å². The summed E-state index contributed by atoms with van der Waals surface area (Å²) in [7, 11) is 0. The lowest BCUT2D eigenvalue weighted by molar-refractivity contribution is -0.936. The summed E-state index contributed by atoms with van der Waals surface area (Å²) >= 11 is 0. The number of aliphatic carboxylic acids is 1. The summed E-state index contributed by atoms with van der Waals surface area (Å²) in [5.74, 6) is -0.984. The summed E-state index contributed by atoms with van der Waals surface area (Å²) < 4.78 is 13.3. The molecule has 2 fully saturated rings. The fourth-order valence-electron chi connectivity index (χ4n) is 6.00. The van der Waals surface area contributed by atoms with E-state index in [0.29, 0.717) is 12.5 Å². The first-order valence-electron chi connectivity index (χ1n) is 11.2. The minimum Gasteiger partial charge on any atom is -1.00 e. The van der Waals surface area contributed by atoms with E-state index in [9.17, 15) is 19.6 Å². The molecule has 0 spiro atoms. The number of quaternary nitrogens is 1. The van der Waals surface area contributed by atoms with E-state index in [0.717, 1.165) is 49.9 Å². The molecule has 0 aromatic heterocycles. The average Bonchev–Trinajstić information content (AvgIpc) is 2.80. The summed E-state index contributed by atoms with van der Waals surface area (Å²) in [6.07, 6.45) is 4.01. The lowest BCUT2D eigenvalue weighted by Gasteiger charge is -2.46. The normalized spacial score (nSPS) is 32.3. The number of carboxylic acid groups (broad SMARTS) is 1. The van der Waals surface area contributed by atoms with Crippen LogP contribution in [0.3, 0.4) is 0 Å². The van der Waals surface area contributed by atoms with Gasteiger partial charge in [0.2, 0.25) is 0 Å². The van der Waals surface area contributed by atoms with E-state index in [1.165, 1.54) is 17.0 Å². The Balaban J connectivity index is 0.00000289. The van der Waals surface area contributed by atoms with Crippen LogP contribution in [0, 0.1) is 23.1 Å². The third-order valence-electron chi connectivity index (χ3n) is 7.95. The van der Waals surface area contributed by atoms with Gasteiger partial charge in [-0.2, -0.15) is 5.26 Å². The molecule has 1 saturated heterocycles. The number of nitrogens with zero attached hydrogens (tertiary/aromatic N) is 1. The third kappa shape index (κ3) is 4.21. The first-order chi connectivity index (χ1) is 14.9. The van der Waals surface area contributed by atoms with Crippen LogP contribution in [0.25, 0.3) is 0 Å². The van der Waals surface area contributed by atoms with Crippen LogP contribution >= 0.6 is 0 Å². The second kappa shape index (κ2) is 9.72. The lowest BCUT2D eigenvalue weighted by Crippen LogP contribution is -3.18. The number of nitriles is 1. The molecule has 6 heteroatoms. The highest BCUT2D eigenvalue weighted by molar-refractivity contribution is 5.82. The largest absolute Gasteiger partial charge is 1.00 e. The maximum Gasteiger partial charge on any atom is 0.314 e. The van der Waals surface area contributed by atoms with E-state index < -0.39 is 16.8 Å². The molecule has 4 nitrogen and oxygen atoms in total. The van der Waals surface area contributed by atoms with Gasteiger partial charge in [0.15, 0.2) is 0 Å². The monoisotopic (exact) mass is 500 g/mol. The van der Waals surface area contributed by atoms with E-state index in [2.05, 4.69) is 13.0 Å². The first kappa shape index (κ1) is 24.4. The van der Waals surface area contributed by atoms with Gasteiger partial charge in [-0.3, -0.25) is 4.79 Å². The predicted molar refractivity (Wildman–Crippen MR) is 116 cm³/mol. The van der Waals surface area contributed by atoms with Gasteiger partial charge >= 0.3 is 5.97 Å². The number of hydrogen-bond acceptors (Lipinski definition) is 2. The molecule has 1 aliphatic carbocycles. The van der Waals surface area contributed by atoms with Crippen LogP contribution < -0.4 is 21.9 Å². The highest BCUT2D eigenvalue weighted by Gasteiger charge is 2.52. The second-order valence-electron chi connectivity index (χ2n) is 9.38. The molecule has 3 atom stereocenters. The Hall–Kier alpha value is -2.23. The number of carbonyl (C=O) groups is 1. The maximum atomic E-state index is 13.3. The number of nitrogens with one attached hydrogen (secondary N) is 1. The van der Waals surface area contributed by atoms with Gasteiger partial charge in [0.1, 0.15) is 11.2 Å². The zero-order valence-corrected chi connectivity index (χ0v) is 19.9. The Bertz CT molecular complexity index is 968. The summed E-state index contributed by atoms with van der Waals surface area (Å²) in [5.41, 5.74) is 0.437. The number of likely N-dealkylation sites (tertiary alicyclic amines) is 1. The van der Waals surface area contributed by atoms with Crippen molar-refractivity contribution in [2.45, 2.75) is 55.9 Å². The molecule has 4 rings (SSSR count). The highest BCUT2D eigenvalue weighted by atomic mass is 79.9. The fraction of sp³-hybridized carbons (Fsp3) is 0.462. The number of halogens is 2. The molecule has 170 valence electrons. The quantitative estimate of drug-likeness (QED) is 0.641. The van der Waals surface area contributed by atoms with Gasteiger partial charge in [0.25, 0.3) is 0 Å². The lowest BCUT2D eigenvalue weighted by atomic mass is 9.65. The molecule has 1 unspecified atom stereocenters. The van der Waals surface area contributed by atoms with E-state index >= 15 is 0 Å². The van der Waals surface area contributed by atoms with E-state index in [-0.39, 0.29) is 28.7 Å². The smallest absolute Gasteiger partial charge is 0.314 e. The van der Waals surface area contributed by atoms with Gasteiger partial charge < -0.3 is 27.0 Å². The Labute approximate surface area is 199 Å². The minimum atomic E-state index is -0.829. The molecule has 2 aromatic rings. The fourth-order valence-corrected chi connectivity index (χ4v) is 6.00. The van der Waals surface area contributed by atoms with Crippen molar-refractivity contribution in [1.82, 2.24) is 0 Å². The van der Waals surface area contributed by atoms with Crippen molar-refractivity contribution in [3.8, 4) is 6.07 Å². The molecular formula is C26H30BrFN2O2. The number of carboxylic acids is 1. The van der Waals surface area contributed by atoms with Crippen molar-refractivity contribution in [2.75, 3.05) is 13.1 Å². The predicted octanol–water partition coefficient (Wildman–Crippen LogP) is 0.481. The van der Waals surface area contributed by atoms with E-state index in [1.807, 2.05) is 30.3 Å². The van der Waals surface area contributed by atoms with Crippen LogP contribution in [0.5, 0.6) is 0 Å². The van der Waals surface area contributed by atoms with Crippen molar-refractivity contribution in [3.05, 3.63) is 71.5 Å². The molecule has 32 heavy (non-hydrogen) atoms. The highest BCUT2D eigenvalue weighted by Crippen LogP contribution is 2.40. The molecule has 2 N–H and O–H groups in total.